The molecule has 0 spiro atoms. The summed E-state index contributed by atoms with van der Waals surface area (Å²) in [4.78, 5) is 17.0. The lowest BCUT2D eigenvalue weighted by atomic mass is 9.89. The maximum Gasteiger partial charge on any atom is 0.346 e. The molecule has 1 aliphatic carbocycles. The molecule has 0 radical (unpaired) electrons. The number of rotatable bonds is 4. The van der Waals surface area contributed by atoms with Crippen LogP contribution in [-0.2, 0) is 6.42 Å². The van der Waals surface area contributed by atoms with E-state index in [0.29, 0.717) is 47.8 Å². The van der Waals surface area contributed by atoms with Crippen LogP contribution in [0, 0.1) is 11.6 Å². The zero-order valence-corrected chi connectivity index (χ0v) is 16.0. The van der Waals surface area contributed by atoms with Crippen molar-refractivity contribution in [2.24, 2.45) is 0 Å². The fourth-order valence-electron chi connectivity index (χ4n) is 4.12. The van der Waals surface area contributed by atoms with Crippen molar-refractivity contribution in [1.29, 1.82) is 0 Å². The summed E-state index contributed by atoms with van der Waals surface area (Å²) in [5.41, 5.74) is 0.200. The van der Waals surface area contributed by atoms with E-state index in [4.69, 9.17) is 16.3 Å². The van der Waals surface area contributed by atoms with Crippen molar-refractivity contribution < 1.29 is 13.5 Å². The van der Waals surface area contributed by atoms with Crippen molar-refractivity contribution in [2.75, 3.05) is 0 Å². The van der Waals surface area contributed by atoms with Gasteiger partial charge in [-0.25, -0.2) is 18.3 Å². The van der Waals surface area contributed by atoms with Crippen LogP contribution in [0.5, 0.6) is 5.75 Å². The monoisotopic (exact) mass is 418 g/mol. The zero-order chi connectivity index (χ0) is 20.1. The van der Waals surface area contributed by atoms with Gasteiger partial charge in [-0.2, -0.15) is 5.10 Å². The molecule has 1 saturated carbocycles. The standard InChI is InChI=1S/C20H17ClF2N4O2/c21-12-5-17(10-24-9-12)29-16-7-15(8-16)27-20(28)26-18(1-2-19(26)25-27)11-3-13(22)6-14(23)4-11/h3-6,9-10,15-16,18H,1-2,7-8H2/t15?,16?,18-/m0/s1. The Morgan fingerprint density at radius 2 is 1.86 bits per heavy atom. The molecule has 0 N–H and O–H groups in total. The van der Waals surface area contributed by atoms with E-state index in [1.165, 1.54) is 23.0 Å². The minimum absolute atomic E-state index is 0.0446. The van der Waals surface area contributed by atoms with Gasteiger partial charge in [0, 0.05) is 37.6 Å². The lowest BCUT2D eigenvalue weighted by molar-refractivity contribution is 0.0620. The topological polar surface area (TPSA) is 61.9 Å². The highest BCUT2D eigenvalue weighted by Crippen LogP contribution is 2.36. The predicted molar refractivity (Wildman–Crippen MR) is 101 cm³/mol. The van der Waals surface area contributed by atoms with Crippen LogP contribution in [0.4, 0.5) is 8.78 Å². The highest BCUT2D eigenvalue weighted by atomic mass is 35.5. The van der Waals surface area contributed by atoms with Gasteiger partial charge in [0.1, 0.15) is 29.3 Å². The predicted octanol–water partition coefficient (Wildman–Crippen LogP) is 3.69. The number of aryl methyl sites for hydroxylation is 1. The van der Waals surface area contributed by atoms with E-state index in [0.717, 1.165) is 6.07 Å². The first-order chi connectivity index (χ1) is 14.0. The van der Waals surface area contributed by atoms with Crippen LogP contribution in [0.25, 0.3) is 0 Å². The second kappa shape index (κ2) is 6.95. The van der Waals surface area contributed by atoms with Crippen LogP contribution in [-0.4, -0.2) is 25.4 Å². The number of fused-ring (bicyclic) bond motifs is 1. The Kier molecular flexibility index (Phi) is 4.38. The third-order valence-corrected chi connectivity index (χ3v) is 5.73. The molecule has 29 heavy (non-hydrogen) atoms. The van der Waals surface area contributed by atoms with Crippen LogP contribution in [0.15, 0.2) is 41.5 Å². The molecule has 2 aromatic heterocycles. The van der Waals surface area contributed by atoms with Gasteiger partial charge in [0.25, 0.3) is 0 Å². The SMILES string of the molecule is O=c1n(C2CC(Oc3cncc(Cl)c3)C2)nc2n1[C@H](c1cc(F)cc(F)c1)CC2. The van der Waals surface area contributed by atoms with Crippen molar-refractivity contribution in [2.45, 2.75) is 43.9 Å². The molecule has 3 heterocycles. The molecule has 0 bridgehead atoms. The van der Waals surface area contributed by atoms with E-state index in [9.17, 15) is 13.6 Å². The van der Waals surface area contributed by atoms with Gasteiger partial charge in [0.05, 0.1) is 23.3 Å². The minimum Gasteiger partial charge on any atom is -0.489 e. The van der Waals surface area contributed by atoms with Gasteiger partial charge in [-0.3, -0.25) is 9.55 Å². The first kappa shape index (κ1) is 18.3. The maximum absolute atomic E-state index is 13.6. The van der Waals surface area contributed by atoms with Gasteiger partial charge < -0.3 is 4.74 Å². The smallest absolute Gasteiger partial charge is 0.346 e. The van der Waals surface area contributed by atoms with Gasteiger partial charge in [-0.15, -0.1) is 0 Å². The molecule has 3 aromatic rings. The fourth-order valence-corrected chi connectivity index (χ4v) is 4.28. The summed E-state index contributed by atoms with van der Waals surface area (Å²) in [7, 11) is 0. The van der Waals surface area contributed by atoms with Crippen LogP contribution < -0.4 is 10.4 Å². The van der Waals surface area contributed by atoms with Crippen LogP contribution in [0.3, 0.4) is 0 Å². The Morgan fingerprint density at radius 1 is 1.10 bits per heavy atom. The van der Waals surface area contributed by atoms with Crippen molar-refractivity contribution in [1.82, 2.24) is 19.3 Å². The molecule has 1 aromatic carbocycles. The molecule has 150 valence electrons. The third kappa shape index (κ3) is 3.31. The quantitative estimate of drug-likeness (QED) is 0.648. The number of pyridine rings is 1. The molecule has 2 aliphatic rings. The van der Waals surface area contributed by atoms with E-state index < -0.39 is 17.7 Å². The summed E-state index contributed by atoms with van der Waals surface area (Å²) >= 11 is 5.91. The molecule has 0 amide bonds. The molecule has 1 atom stereocenters. The zero-order valence-electron chi connectivity index (χ0n) is 15.3. The third-order valence-electron chi connectivity index (χ3n) is 5.52. The molecule has 1 fully saturated rings. The number of hydrogen-bond acceptors (Lipinski definition) is 4. The highest BCUT2D eigenvalue weighted by Gasteiger charge is 2.37. The van der Waals surface area contributed by atoms with Gasteiger partial charge in [-0.1, -0.05) is 11.6 Å². The number of aromatic nitrogens is 4. The van der Waals surface area contributed by atoms with Crippen LogP contribution in [0.1, 0.15) is 42.7 Å². The minimum atomic E-state index is -0.650. The van der Waals surface area contributed by atoms with E-state index in [1.807, 2.05) is 0 Å². The molecule has 9 heteroatoms. The van der Waals surface area contributed by atoms with Crippen molar-refractivity contribution in [3.63, 3.8) is 0 Å². The summed E-state index contributed by atoms with van der Waals surface area (Å²) in [5.74, 6) is -0.0614. The summed E-state index contributed by atoms with van der Waals surface area (Å²) in [6.45, 7) is 0. The Labute approximate surface area is 169 Å². The van der Waals surface area contributed by atoms with Crippen LogP contribution >= 0.6 is 11.6 Å². The van der Waals surface area contributed by atoms with E-state index in [-0.39, 0.29) is 17.8 Å². The Bertz CT molecular complexity index is 1120. The first-order valence-corrected chi connectivity index (χ1v) is 9.79. The van der Waals surface area contributed by atoms with Gasteiger partial charge in [0.15, 0.2) is 0 Å². The van der Waals surface area contributed by atoms with E-state index in [1.54, 1.807) is 16.8 Å². The molecular formula is C20H17ClF2N4O2. The van der Waals surface area contributed by atoms with Gasteiger partial charge in [-0.05, 0) is 24.1 Å². The Balaban J connectivity index is 1.34. The molecule has 6 nitrogen and oxygen atoms in total. The molecule has 1 aliphatic heterocycles. The van der Waals surface area contributed by atoms with E-state index >= 15 is 0 Å². The summed E-state index contributed by atoms with van der Waals surface area (Å²) in [5, 5.41) is 4.98. The Hall–Kier alpha value is -2.74. The maximum atomic E-state index is 13.6. The van der Waals surface area contributed by atoms with Crippen molar-refractivity contribution in [3.05, 3.63) is 75.2 Å². The number of hydrogen-bond donors (Lipinski definition) is 0. The normalized spacial score (nSPS) is 22.9. The average Bonchev–Trinajstić information content (AvgIpc) is 3.18. The summed E-state index contributed by atoms with van der Waals surface area (Å²) < 4.78 is 36.1. The number of nitrogens with zero attached hydrogens (tertiary/aromatic N) is 4. The average molecular weight is 419 g/mol. The van der Waals surface area contributed by atoms with Gasteiger partial charge in [0.2, 0.25) is 0 Å². The lowest BCUT2D eigenvalue weighted by Crippen LogP contribution is -2.41. The molecule has 0 saturated heterocycles. The van der Waals surface area contributed by atoms with Gasteiger partial charge >= 0.3 is 5.69 Å². The lowest BCUT2D eigenvalue weighted by Gasteiger charge is -2.34. The van der Waals surface area contributed by atoms with Crippen LogP contribution in [0.2, 0.25) is 5.02 Å². The van der Waals surface area contributed by atoms with Crippen molar-refractivity contribution in [3.8, 4) is 5.75 Å². The first-order valence-electron chi connectivity index (χ1n) is 9.41. The summed E-state index contributed by atoms with van der Waals surface area (Å²) in [6, 6.07) is 4.61. The number of halogens is 3. The largest absolute Gasteiger partial charge is 0.489 e. The summed E-state index contributed by atoms with van der Waals surface area (Å²) in [6.07, 6.45) is 5.55. The number of ether oxygens (including phenoxy) is 1. The molecular weight excluding hydrogens is 402 g/mol. The number of benzene rings is 1. The van der Waals surface area contributed by atoms with E-state index in [2.05, 4.69) is 10.1 Å². The molecule has 5 rings (SSSR count). The molecule has 0 unspecified atom stereocenters. The fraction of sp³-hybridized carbons (Fsp3) is 0.350. The second-order valence-electron chi connectivity index (χ2n) is 7.47. The Morgan fingerprint density at radius 3 is 2.59 bits per heavy atom. The second-order valence-corrected chi connectivity index (χ2v) is 7.91. The highest BCUT2D eigenvalue weighted by molar-refractivity contribution is 6.30. The van der Waals surface area contributed by atoms with Crippen molar-refractivity contribution >= 4 is 11.6 Å².